The van der Waals surface area contributed by atoms with E-state index in [4.69, 9.17) is 4.74 Å². The van der Waals surface area contributed by atoms with Gasteiger partial charge in [0, 0.05) is 4.90 Å². The fourth-order valence-corrected chi connectivity index (χ4v) is 2.31. The summed E-state index contributed by atoms with van der Waals surface area (Å²) in [7, 11) is 1.55. The molecule has 2 nitrogen and oxygen atoms in total. The van der Waals surface area contributed by atoms with Gasteiger partial charge in [-0.25, -0.2) is 0 Å². The molecule has 0 radical (unpaired) electrons. The van der Waals surface area contributed by atoms with E-state index in [2.05, 4.69) is 4.74 Å². The molecule has 6 heteroatoms. The molecule has 0 aliphatic heterocycles. The second-order valence-corrected chi connectivity index (χ2v) is 5.05. The van der Waals surface area contributed by atoms with Crippen LogP contribution in [0.2, 0.25) is 0 Å². The van der Waals surface area contributed by atoms with E-state index in [-0.39, 0.29) is 5.75 Å². The van der Waals surface area contributed by atoms with Gasteiger partial charge in [-0.05, 0) is 47.7 Å². The first-order chi connectivity index (χ1) is 9.91. The topological polar surface area (TPSA) is 18.5 Å². The van der Waals surface area contributed by atoms with Gasteiger partial charge in [0.15, 0.2) is 0 Å². The van der Waals surface area contributed by atoms with Gasteiger partial charge < -0.3 is 9.47 Å². The zero-order chi connectivity index (χ0) is 15.5. The molecule has 0 amide bonds. The monoisotopic (exact) mass is 314 g/mol. The summed E-state index contributed by atoms with van der Waals surface area (Å²) >= 11 is 1.35. The lowest BCUT2D eigenvalue weighted by Gasteiger charge is -2.12. The van der Waals surface area contributed by atoms with Crippen LogP contribution in [0, 0.1) is 0 Å². The summed E-state index contributed by atoms with van der Waals surface area (Å²) in [6.07, 6.45) is -2.90. The summed E-state index contributed by atoms with van der Waals surface area (Å²) in [5.74, 6) is 0.465. The lowest BCUT2D eigenvalue weighted by Crippen LogP contribution is -2.17. The Hall–Kier alpha value is -1.82. The van der Waals surface area contributed by atoms with Crippen LogP contribution in [0.25, 0.3) is 11.1 Å². The fraction of sp³-hybridized carbons (Fsp3) is 0.200. The van der Waals surface area contributed by atoms with E-state index >= 15 is 0 Å². The van der Waals surface area contributed by atoms with Gasteiger partial charge in [0.25, 0.3) is 0 Å². The van der Waals surface area contributed by atoms with Gasteiger partial charge in [-0.2, -0.15) is 0 Å². The third-order valence-electron chi connectivity index (χ3n) is 2.77. The van der Waals surface area contributed by atoms with E-state index in [1.165, 1.54) is 23.9 Å². The van der Waals surface area contributed by atoms with E-state index in [0.717, 1.165) is 5.56 Å². The predicted octanol–water partition coefficient (Wildman–Crippen LogP) is 4.98. The lowest BCUT2D eigenvalue weighted by atomic mass is 10.1. The highest BCUT2D eigenvalue weighted by atomic mass is 32.2. The standard InChI is InChI=1S/C15H13F3O2S/c1-19-12-5-3-10(4-6-12)11-7-13(20-15(16,17)18)9-14(8-11)21-2/h3-9H,1-2H3. The summed E-state index contributed by atoms with van der Waals surface area (Å²) in [6, 6.07) is 11.6. The van der Waals surface area contributed by atoms with Crippen molar-refractivity contribution in [3.05, 3.63) is 42.5 Å². The largest absolute Gasteiger partial charge is 0.573 e. The summed E-state index contributed by atoms with van der Waals surface area (Å²) in [6.45, 7) is 0. The van der Waals surface area contributed by atoms with Crippen LogP contribution >= 0.6 is 11.8 Å². The molecule has 2 aromatic carbocycles. The summed E-state index contributed by atoms with van der Waals surface area (Å²) in [4.78, 5) is 0.697. The molecule has 0 N–H and O–H groups in total. The molecule has 0 aliphatic carbocycles. The number of hydrogen-bond acceptors (Lipinski definition) is 3. The van der Waals surface area contributed by atoms with Crippen LogP contribution in [0.1, 0.15) is 0 Å². The zero-order valence-electron chi connectivity index (χ0n) is 11.4. The molecule has 0 atom stereocenters. The maximum Gasteiger partial charge on any atom is 0.573 e. The van der Waals surface area contributed by atoms with E-state index in [1.807, 2.05) is 6.07 Å². The Morgan fingerprint density at radius 2 is 1.57 bits per heavy atom. The molecule has 0 aliphatic rings. The molecule has 21 heavy (non-hydrogen) atoms. The van der Waals surface area contributed by atoms with E-state index in [9.17, 15) is 13.2 Å². The Kier molecular flexibility index (Phi) is 4.67. The van der Waals surface area contributed by atoms with E-state index in [0.29, 0.717) is 16.2 Å². The molecule has 0 saturated heterocycles. The number of methoxy groups -OCH3 is 1. The Labute approximate surface area is 124 Å². The second-order valence-electron chi connectivity index (χ2n) is 4.17. The molecule has 0 bridgehead atoms. The summed E-state index contributed by atoms with van der Waals surface area (Å²) < 4.78 is 46.2. The summed E-state index contributed by atoms with van der Waals surface area (Å²) in [5, 5.41) is 0. The van der Waals surface area contributed by atoms with Crippen LogP contribution in [-0.4, -0.2) is 19.7 Å². The normalized spacial score (nSPS) is 11.3. The van der Waals surface area contributed by atoms with Gasteiger partial charge in [0.05, 0.1) is 7.11 Å². The first-order valence-electron chi connectivity index (χ1n) is 6.00. The van der Waals surface area contributed by atoms with Crippen molar-refractivity contribution in [2.24, 2.45) is 0 Å². The number of thioether (sulfide) groups is 1. The highest BCUT2D eigenvalue weighted by molar-refractivity contribution is 7.98. The maximum atomic E-state index is 12.4. The van der Waals surface area contributed by atoms with Crippen molar-refractivity contribution in [1.29, 1.82) is 0 Å². The minimum atomic E-state index is -4.70. The van der Waals surface area contributed by atoms with Crippen molar-refractivity contribution in [3.8, 4) is 22.6 Å². The molecule has 0 fully saturated rings. The van der Waals surface area contributed by atoms with Crippen molar-refractivity contribution in [3.63, 3.8) is 0 Å². The van der Waals surface area contributed by atoms with Crippen molar-refractivity contribution >= 4 is 11.8 Å². The lowest BCUT2D eigenvalue weighted by molar-refractivity contribution is -0.274. The minimum absolute atomic E-state index is 0.222. The Morgan fingerprint density at radius 1 is 0.905 bits per heavy atom. The van der Waals surface area contributed by atoms with Crippen LogP contribution < -0.4 is 9.47 Å². The Morgan fingerprint density at radius 3 is 2.10 bits per heavy atom. The highest BCUT2D eigenvalue weighted by Gasteiger charge is 2.31. The van der Waals surface area contributed by atoms with Gasteiger partial charge in [0.2, 0.25) is 0 Å². The number of rotatable bonds is 4. The number of benzene rings is 2. The van der Waals surface area contributed by atoms with E-state index in [1.54, 1.807) is 37.6 Å². The van der Waals surface area contributed by atoms with E-state index < -0.39 is 6.36 Å². The molecule has 0 unspecified atom stereocenters. The Balaban J connectivity index is 2.39. The molecule has 2 rings (SSSR count). The van der Waals surface area contributed by atoms with Gasteiger partial charge in [-0.1, -0.05) is 12.1 Å². The van der Waals surface area contributed by atoms with Gasteiger partial charge in [-0.15, -0.1) is 24.9 Å². The number of alkyl halides is 3. The van der Waals surface area contributed by atoms with Crippen LogP contribution in [0.15, 0.2) is 47.4 Å². The first kappa shape index (κ1) is 15.6. The van der Waals surface area contributed by atoms with Crippen molar-refractivity contribution in [2.45, 2.75) is 11.3 Å². The van der Waals surface area contributed by atoms with Crippen molar-refractivity contribution in [2.75, 3.05) is 13.4 Å². The minimum Gasteiger partial charge on any atom is -0.497 e. The maximum absolute atomic E-state index is 12.4. The first-order valence-corrected chi connectivity index (χ1v) is 7.23. The summed E-state index contributed by atoms with van der Waals surface area (Å²) in [5.41, 5.74) is 1.45. The molecule has 0 saturated carbocycles. The SMILES string of the molecule is COc1ccc(-c2cc(OC(F)(F)F)cc(SC)c2)cc1. The average Bonchev–Trinajstić information content (AvgIpc) is 2.45. The number of hydrogen-bond donors (Lipinski definition) is 0. The Bertz CT molecular complexity index is 609. The van der Waals surface area contributed by atoms with Crippen LogP contribution in [-0.2, 0) is 0 Å². The fourth-order valence-electron chi connectivity index (χ4n) is 1.83. The van der Waals surface area contributed by atoms with Gasteiger partial charge >= 0.3 is 6.36 Å². The molecule has 2 aromatic rings. The van der Waals surface area contributed by atoms with Crippen molar-refractivity contribution in [1.82, 2.24) is 0 Å². The molecular formula is C15H13F3O2S. The van der Waals surface area contributed by atoms with Crippen LogP contribution in [0.3, 0.4) is 0 Å². The smallest absolute Gasteiger partial charge is 0.497 e. The quantitative estimate of drug-likeness (QED) is 0.741. The molecule has 0 aromatic heterocycles. The molecule has 0 heterocycles. The molecule has 112 valence electrons. The third kappa shape index (κ3) is 4.32. The molecule has 0 spiro atoms. The third-order valence-corrected chi connectivity index (χ3v) is 3.48. The predicted molar refractivity (Wildman–Crippen MR) is 76.9 cm³/mol. The highest BCUT2D eigenvalue weighted by Crippen LogP contribution is 2.33. The average molecular weight is 314 g/mol. The zero-order valence-corrected chi connectivity index (χ0v) is 12.2. The second kappa shape index (κ2) is 6.30. The van der Waals surface area contributed by atoms with Crippen molar-refractivity contribution < 1.29 is 22.6 Å². The van der Waals surface area contributed by atoms with Gasteiger partial charge in [-0.3, -0.25) is 0 Å². The van der Waals surface area contributed by atoms with Crippen LogP contribution in [0.4, 0.5) is 13.2 Å². The van der Waals surface area contributed by atoms with Gasteiger partial charge in [0.1, 0.15) is 11.5 Å². The number of ether oxygens (including phenoxy) is 2. The number of halogens is 3. The molecular weight excluding hydrogens is 301 g/mol. The van der Waals surface area contributed by atoms with Crippen LogP contribution in [0.5, 0.6) is 11.5 Å².